The van der Waals surface area contributed by atoms with Crippen LogP contribution >= 0.6 is 23.9 Å². The summed E-state index contributed by atoms with van der Waals surface area (Å²) in [5, 5.41) is 0. The van der Waals surface area contributed by atoms with Gasteiger partial charge in [0.1, 0.15) is 0 Å². The summed E-state index contributed by atoms with van der Waals surface area (Å²) in [6.07, 6.45) is 6.90. The molecule has 0 aliphatic rings. The zero-order valence-corrected chi connectivity index (χ0v) is 12.9. The van der Waals surface area contributed by atoms with Crippen LogP contribution < -0.4 is 0 Å². The molecule has 1 aromatic carbocycles. The van der Waals surface area contributed by atoms with Crippen LogP contribution in [0.3, 0.4) is 0 Å². The minimum atomic E-state index is 0.940. The van der Waals surface area contributed by atoms with Gasteiger partial charge < -0.3 is 0 Å². The molecular weight excluding hydrogens is 260 g/mol. The molecule has 0 atom stereocenters. The van der Waals surface area contributed by atoms with Gasteiger partial charge in [-0.3, -0.25) is 0 Å². The van der Waals surface area contributed by atoms with Crippen LogP contribution in [0.1, 0.15) is 25.3 Å². The van der Waals surface area contributed by atoms with E-state index in [4.69, 9.17) is 0 Å². The van der Waals surface area contributed by atoms with E-state index in [-0.39, 0.29) is 0 Å². The summed E-state index contributed by atoms with van der Waals surface area (Å²) in [6, 6.07) is 10.5. The highest BCUT2D eigenvalue weighted by atomic mass is 32.2. The molecule has 2 nitrogen and oxygen atoms in total. The molecule has 0 saturated carbocycles. The minimum Gasteiger partial charge on any atom is -0.220 e. The Morgan fingerprint density at radius 1 is 1.00 bits per heavy atom. The lowest BCUT2D eigenvalue weighted by Gasteiger charge is -2.07. The summed E-state index contributed by atoms with van der Waals surface area (Å²) < 4.78 is 8.98. The molecule has 4 heteroatoms. The molecule has 98 valence electrons. The summed E-state index contributed by atoms with van der Waals surface area (Å²) >= 11 is 3.02. The molecule has 0 N–H and O–H groups in total. The Bertz CT molecular complexity index is 400. The first-order valence-electron chi connectivity index (χ1n) is 6.06. The molecule has 0 spiro atoms. The van der Waals surface area contributed by atoms with Gasteiger partial charge in [-0.25, -0.2) is 8.80 Å². The molecule has 0 radical (unpaired) electrons. The largest absolute Gasteiger partial charge is 0.220 e. The second-order valence-electron chi connectivity index (χ2n) is 3.78. The second-order valence-corrected chi connectivity index (χ2v) is 4.88. The Hall–Kier alpha value is -0.740. The van der Waals surface area contributed by atoms with Crippen molar-refractivity contribution in [1.82, 2.24) is 0 Å². The van der Waals surface area contributed by atoms with E-state index in [2.05, 4.69) is 40.0 Å². The Morgan fingerprint density at radius 3 is 2.17 bits per heavy atom. The lowest BCUT2D eigenvalue weighted by atomic mass is 10.0. The average Bonchev–Trinajstić information content (AvgIpc) is 2.42. The molecule has 0 saturated heterocycles. The van der Waals surface area contributed by atoms with E-state index in [1.54, 1.807) is 0 Å². The second kappa shape index (κ2) is 9.22. The van der Waals surface area contributed by atoms with Gasteiger partial charge in [-0.2, -0.15) is 0 Å². The first-order chi connectivity index (χ1) is 8.81. The molecule has 0 aliphatic carbocycles. The first kappa shape index (κ1) is 15.3. The van der Waals surface area contributed by atoms with Gasteiger partial charge in [0.15, 0.2) is 0 Å². The van der Waals surface area contributed by atoms with Crippen LogP contribution in [0.25, 0.3) is 0 Å². The lowest BCUT2D eigenvalue weighted by Crippen LogP contribution is -2.13. The van der Waals surface area contributed by atoms with Crippen molar-refractivity contribution in [2.45, 2.75) is 26.2 Å². The highest BCUT2D eigenvalue weighted by Crippen LogP contribution is 2.10. The molecule has 0 heterocycles. The SMILES string of the molecule is CCC(=NSC)C(CCc1ccccc1)=NSC. The maximum atomic E-state index is 4.52. The van der Waals surface area contributed by atoms with Crippen molar-refractivity contribution in [3.8, 4) is 0 Å². The molecule has 0 unspecified atom stereocenters. The van der Waals surface area contributed by atoms with Crippen LogP contribution in [-0.4, -0.2) is 23.9 Å². The Kier molecular flexibility index (Phi) is 7.85. The number of aryl methyl sites for hydroxylation is 1. The van der Waals surface area contributed by atoms with Gasteiger partial charge in [0, 0.05) is 12.5 Å². The summed E-state index contributed by atoms with van der Waals surface area (Å²) in [5.74, 6) is 0. The average molecular weight is 280 g/mol. The lowest BCUT2D eigenvalue weighted by molar-refractivity contribution is 1.04. The van der Waals surface area contributed by atoms with Crippen molar-refractivity contribution < 1.29 is 0 Å². The maximum Gasteiger partial charge on any atom is 0.0711 e. The van der Waals surface area contributed by atoms with E-state index in [9.17, 15) is 0 Å². The van der Waals surface area contributed by atoms with Crippen molar-refractivity contribution in [2.24, 2.45) is 8.80 Å². The molecule has 0 fully saturated rings. The zero-order chi connectivity index (χ0) is 13.2. The molecule has 0 aliphatic heterocycles. The normalized spacial score (nSPS) is 12.8. The Balaban J connectivity index is 2.70. The van der Waals surface area contributed by atoms with Crippen LogP contribution in [0.15, 0.2) is 39.1 Å². The van der Waals surface area contributed by atoms with E-state index >= 15 is 0 Å². The fourth-order valence-corrected chi connectivity index (χ4v) is 2.56. The van der Waals surface area contributed by atoms with Crippen molar-refractivity contribution in [2.75, 3.05) is 12.5 Å². The van der Waals surface area contributed by atoms with Crippen molar-refractivity contribution in [3.05, 3.63) is 35.9 Å². The van der Waals surface area contributed by atoms with Gasteiger partial charge >= 0.3 is 0 Å². The third kappa shape index (κ3) is 5.27. The molecular formula is C14H20N2S2. The van der Waals surface area contributed by atoms with Crippen LogP contribution in [0.4, 0.5) is 0 Å². The van der Waals surface area contributed by atoms with E-state index < -0.39 is 0 Å². The number of rotatable bonds is 7. The first-order valence-corrected chi connectivity index (χ1v) is 8.42. The highest BCUT2D eigenvalue weighted by molar-refractivity contribution is 7.97. The predicted molar refractivity (Wildman–Crippen MR) is 87.0 cm³/mol. The molecule has 0 aromatic heterocycles. The van der Waals surface area contributed by atoms with Gasteiger partial charge in [-0.1, -0.05) is 37.3 Å². The number of nitrogens with zero attached hydrogens (tertiary/aromatic N) is 2. The summed E-state index contributed by atoms with van der Waals surface area (Å²) in [5.41, 5.74) is 3.60. The molecule has 18 heavy (non-hydrogen) atoms. The fraction of sp³-hybridized carbons (Fsp3) is 0.429. The van der Waals surface area contributed by atoms with E-state index in [1.807, 2.05) is 18.6 Å². The topological polar surface area (TPSA) is 24.7 Å². The van der Waals surface area contributed by atoms with Crippen molar-refractivity contribution in [1.29, 1.82) is 0 Å². The minimum absolute atomic E-state index is 0.940. The number of hydrogen-bond donors (Lipinski definition) is 0. The van der Waals surface area contributed by atoms with Gasteiger partial charge in [0.05, 0.1) is 11.4 Å². The molecule has 0 bridgehead atoms. The summed E-state index contributed by atoms with van der Waals surface area (Å²) in [6.45, 7) is 2.13. The molecule has 0 amide bonds. The van der Waals surface area contributed by atoms with E-state index in [1.165, 1.54) is 29.5 Å². The van der Waals surface area contributed by atoms with Crippen molar-refractivity contribution >= 4 is 35.3 Å². The van der Waals surface area contributed by atoms with Crippen molar-refractivity contribution in [3.63, 3.8) is 0 Å². The van der Waals surface area contributed by atoms with Gasteiger partial charge in [0.2, 0.25) is 0 Å². The third-order valence-corrected chi connectivity index (χ3v) is 3.37. The van der Waals surface area contributed by atoms with Crippen LogP contribution in [0.2, 0.25) is 0 Å². The Labute approximate surface area is 119 Å². The van der Waals surface area contributed by atoms with E-state index in [0.29, 0.717) is 0 Å². The molecule has 1 rings (SSSR count). The zero-order valence-electron chi connectivity index (χ0n) is 11.2. The third-order valence-electron chi connectivity index (χ3n) is 2.56. The van der Waals surface area contributed by atoms with Gasteiger partial charge in [0.25, 0.3) is 0 Å². The number of benzene rings is 1. The number of hydrogen-bond acceptors (Lipinski definition) is 4. The maximum absolute atomic E-state index is 4.52. The van der Waals surface area contributed by atoms with E-state index in [0.717, 1.165) is 30.7 Å². The highest BCUT2D eigenvalue weighted by Gasteiger charge is 2.07. The quantitative estimate of drug-likeness (QED) is 0.544. The predicted octanol–water partition coefficient (Wildman–Crippen LogP) is 4.47. The summed E-state index contributed by atoms with van der Waals surface area (Å²) in [4.78, 5) is 0. The van der Waals surface area contributed by atoms with Crippen LogP contribution in [0, 0.1) is 0 Å². The Morgan fingerprint density at radius 2 is 1.61 bits per heavy atom. The van der Waals surface area contributed by atoms with Crippen LogP contribution in [0.5, 0.6) is 0 Å². The monoisotopic (exact) mass is 280 g/mol. The standard InChI is InChI=1S/C14H20N2S2/c1-4-13(15-17-2)14(16-18-3)11-10-12-8-6-5-7-9-12/h5-9H,4,10-11H2,1-3H3. The van der Waals surface area contributed by atoms with Gasteiger partial charge in [-0.15, -0.1) is 0 Å². The van der Waals surface area contributed by atoms with Crippen LogP contribution in [-0.2, 0) is 6.42 Å². The fourth-order valence-electron chi connectivity index (χ4n) is 1.69. The summed E-state index contributed by atoms with van der Waals surface area (Å²) in [7, 11) is 0. The molecule has 1 aromatic rings. The van der Waals surface area contributed by atoms with Gasteiger partial charge in [-0.05, 0) is 48.7 Å². The smallest absolute Gasteiger partial charge is 0.0711 e.